The van der Waals surface area contributed by atoms with E-state index in [9.17, 15) is 0 Å². The van der Waals surface area contributed by atoms with Gasteiger partial charge in [-0.2, -0.15) is 10.2 Å². The molecule has 3 rings (SSSR count). The van der Waals surface area contributed by atoms with Gasteiger partial charge in [-0.1, -0.05) is 6.07 Å². The third-order valence-electron chi connectivity index (χ3n) is 4.03. The lowest BCUT2D eigenvalue weighted by atomic mass is 10.0. The maximum absolute atomic E-state index is 4.40. The molecule has 0 unspecified atom stereocenters. The SMILES string of the molecule is Cc1cnnc(CCc2cncc(CCc3ccnc(C)c3)c2)c1. The molecule has 0 fully saturated rings. The van der Waals surface area contributed by atoms with Crippen molar-refractivity contribution in [3.05, 3.63) is 82.7 Å². The van der Waals surface area contributed by atoms with Gasteiger partial charge in [-0.15, -0.1) is 0 Å². The monoisotopic (exact) mass is 318 g/mol. The van der Waals surface area contributed by atoms with Crippen molar-refractivity contribution in [2.75, 3.05) is 0 Å². The summed E-state index contributed by atoms with van der Waals surface area (Å²) in [6.07, 6.45) is 11.4. The molecule has 0 aliphatic carbocycles. The molecule has 3 aromatic rings. The Balaban J connectivity index is 1.59. The number of hydrogen-bond donors (Lipinski definition) is 0. The Hall–Kier alpha value is -2.62. The fraction of sp³-hybridized carbons (Fsp3) is 0.300. The van der Waals surface area contributed by atoms with Crippen LogP contribution in [0.25, 0.3) is 0 Å². The number of aryl methyl sites for hydroxylation is 6. The van der Waals surface area contributed by atoms with Crippen molar-refractivity contribution in [3.63, 3.8) is 0 Å². The maximum atomic E-state index is 4.40. The first kappa shape index (κ1) is 16.2. The number of pyridine rings is 2. The van der Waals surface area contributed by atoms with Gasteiger partial charge < -0.3 is 0 Å². The van der Waals surface area contributed by atoms with Gasteiger partial charge in [0, 0.05) is 24.3 Å². The maximum Gasteiger partial charge on any atom is 0.0637 e. The van der Waals surface area contributed by atoms with Crippen LogP contribution in [0.15, 0.2) is 49.1 Å². The molecule has 0 amide bonds. The first-order chi connectivity index (χ1) is 11.7. The molecule has 4 heteroatoms. The van der Waals surface area contributed by atoms with Crippen molar-refractivity contribution in [2.45, 2.75) is 39.5 Å². The van der Waals surface area contributed by atoms with E-state index in [0.29, 0.717) is 0 Å². The highest BCUT2D eigenvalue weighted by Gasteiger charge is 2.02. The van der Waals surface area contributed by atoms with E-state index in [1.54, 1.807) is 6.20 Å². The molecule has 0 atom stereocenters. The summed E-state index contributed by atoms with van der Waals surface area (Å²) in [6.45, 7) is 4.07. The lowest BCUT2D eigenvalue weighted by Crippen LogP contribution is -1.99. The number of aromatic nitrogens is 4. The minimum atomic E-state index is 0.892. The Kier molecular flexibility index (Phi) is 5.26. The van der Waals surface area contributed by atoms with Crippen molar-refractivity contribution >= 4 is 0 Å². The molecule has 4 nitrogen and oxygen atoms in total. The third-order valence-corrected chi connectivity index (χ3v) is 4.03. The molecule has 0 saturated carbocycles. The van der Waals surface area contributed by atoms with Gasteiger partial charge in [0.15, 0.2) is 0 Å². The molecule has 122 valence electrons. The lowest BCUT2D eigenvalue weighted by Gasteiger charge is -2.06. The van der Waals surface area contributed by atoms with E-state index in [-0.39, 0.29) is 0 Å². The largest absolute Gasteiger partial charge is 0.264 e. The summed E-state index contributed by atoms with van der Waals surface area (Å²) >= 11 is 0. The fourth-order valence-corrected chi connectivity index (χ4v) is 2.78. The van der Waals surface area contributed by atoms with Gasteiger partial charge >= 0.3 is 0 Å². The highest BCUT2D eigenvalue weighted by Crippen LogP contribution is 2.11. The van der Waals surface area contributed by atoms with Crippen LogP contribution in [0.5, 0.6) is 0 Å². The van der Waals surface area contributed by atoms with Crippen LogP contribution in [0.4, 0.5) is 0 Å². The zero-order valence-corrected chi connectivity index (χ0v) is 14.2. The summed E-state index contributed by atoms with van der Waals surface area (Å²) in [6, 6.07) is 8.58. The standard InChI is InChI=1S/C20H22N4/c1-15-9-20(24-23-12-15)6-5-19-11-18(13-21-14-19)4-3-17-7-8-22-16(2)10-17/h7-14H,3-6H2,1-2H3. The first-order valence-electron chi connectivity index (χ1n) is 8.31. The first-order valence-corrected chi connectivity index (χ1v) is 8.31. The Labute approximate surface area is 143 Å². The Morgan fingerprint density at radius 2 is 1.54 bits per heavy atom. The molecule has 3 heterocycles. The molecule has 0 aliphatic rings. The smallest absolute Gasteiger partial charge is 0.0637 e. The van der Waals surface area contributed by atoms with Crippen molar-refractivity contribution in [1.29, 1.82) is 0 Å². The summed E-state index contributed by atoms with van der Waals surface area (Å²) in [5, 5.41) is 8.20. The topological polar surface area (TPSA) is 51.6 Å². The van der Waals surface area contributed by atoms with Crippen molar-refractivity contribution < 1.29 is 0 Å². The van der Waals surface area contributed by atoms with Gasteiger partial charge in [0.1, 0.15) is 0 Å². The predicted molar refractivity (Wildman–Crippen MR) is 94.8 cm³/mol. The highest BCUT2D eigenvalue weighted by atomic mass is 15.1. The van der Waals surface area contributed by atoms with Gasteiger partial charge in [-0.05, 0) is 80.0 Å². The molecule has 0 saturated heterocycles. The van der Waals surface area contributed by atoms with Crippen LogP contribution in [0.1, 0.15) is 33.6 Å². The average molecular weight is 318 g/mol. The van der Waals surface area contributed by atoms with E-state index in [0.717, 1.165) is 42.6 Å². The number of nitrogens with zero attached hydrogens (tertiary/aromatic N) is 4. The van der Waals surface area contributed by atoms with Gasteiger partial charge in [0.25, 0.3) is 0 Å². The Morgan fingerprint density at radius 3 is 2.29 bits per heavy atom. The highest BCUT2D eigenvalue weighted by molar-refractivity contribution is 5.22. The summed E-state index contributed by atoms with van der Waals surface area (Å²) in [7, 11) is 0. The molecule has 0 aliphatic heterocycles. The summed E-state index contributed by atoms with van der Waals surface area (Å²) in [5.74, 6) is 0. The second kappa shape index (κ2) is 7.77. The van der Waals surface area contributed by atoms with Crippen molar-refractivity contribution in [3.8, 4) is 0 Å². The molecule has 0 radical (unpaired) electrons. The van der Waals surface area contributed by atoms with E-state index in [2.05, 4.69) is 44.4 Å². The molecule has 0 aromatic carbocycles. The summed E-state index contributed by atoms with van der Waals surface area (Å²) in [5.41, 5.74) is 7.10. The Bertz CT molecular complexity index is 749. The minimum absolute atomic E-state index is 0.892. The molecule has 0 spiro atoms. The Morgan fingerprint density at radius 1 is 0.792 bits per heavy atom. The van der Waals surface area contributed by atoms with Crippen LogP contribution in [-0.4, -0.2) is 20.2 Å². The summed E-state index contributed by atoms with van der Waals surface area (Å²) < 4.78 is 0. The van der Waals surface area contributed by atoms with Crippen LogP contribution in [-0.2, 0) is 25.7 Å². The summed E-state index contributed by atoms with van der Waals surface area (Å²) in [4.78, 5) is 8.64. The van der Waals surface area contributed by atoms with Gasteiger partial charge in [0.05, 0.1) is 11.9 Å². The lowest BCUT2D eigenvalue weighted by molar-refractivity contribution is 0.845. The van der Waals surface area contributed by atoms with Crippen molar-refractivity contribution in [2.24, 2.45) is 0 Å². The van der Waals surface area contributed by atoms with Gasteiger partial charge in [-0.25, -0.2) is 0 Å². The van der Waals surface area contributed by atoms with Crippen molar-refractivity contribution in [1.82, 2.24) is 20.2 Å². The van der Waals surface area contributed by atoms with E-state index < -0.39 is 0 Å². The third kappa shape index (κ3) is 4.69. The van der Waals surface area contributed by atoms with Crippen LogP contribution in [0.2, 0.25) is 0 Å². The molecule has 24 heavy (non-hydrogen) atoms. The molecule has 0 bridgehead atoms. The molecule has 0 N–H and O–H groups in total. The molecular weight excluding hydrogens is 296 g/mol. The quantitative estimate of drug-likeness (QED) is 0.698. The molecule has 3 aromatic heterocycles. The predicted octanol–water partition coefficient (Wildman–Crippen LogP) is 3.45. The minimum Gasteiger partial charge on any atom is -0.264 e. The van der Waals surface area contributed by atoms with E-state index in [1.807, 2.05) is 32.4 Å². The molecular formula is C20H22N4. The van der Waals surface area contributed by atoms with Crippen LogP contribution in [0.3, 0.4) is 0 Å². The van der Waals surface area contributed by atoms with E-state index in [1.165, 1.54) is 16.7 Å². The number of rotatable bonds is 6. The van der Waals surface area contributed by atoms with Crippen LogP contribution < -0.4 is 0 Å². The average Bonchev–Trinajstić information content (AvgIpc) is 2.59. The zero-order valence-electron chi connectivity index (χ0n) is 14.2. The van der Waals surface area contributed by atoms with Gasteiger partial charge in [-0.3, -0.25) is 9.97 Å². The second-order valence-electron chi connectivity index (χ2n) is 6.23. The number of hydrogen-bond acceptors (Lipinski definition) is 4. The fourth-order valence-electron chi connectivity index (χ4n) is 2.78. The second-order valence-corrected chi connectivity index (χ2v) is 6.23. The van der Waals surface area contributed by atoms with E-state index >= 15 is 0 Å². The van der Waals surface area contributed by atoms with Crippen LogP contribution in [0, 0.1) is 13.8 Å². The zero-order chi connectivity index (χ0) is 16.8. The van der Waals surface area contributed by atoms with Crippen LogP contribution >= 0.6 is 0 Å². The normalized spacial score (nSPS) is 10.8. The van der Waals surface area contributed by atoms with E-state index in [4.69, 9.17) is 0 Å². The van der Waals surface area contributed by atoms with Gasteiger partial charge in [0.2, 0.25) is 0 Å².